The Balaban J connectivity index is 1.73. The average Bonchev–Trinajstić information content (AvgIpc) is 3.13. The van der Waals surface area contributed by atoms with E-state index >= 15 is 0 Å². The van der Waals surface area contributed by atoms with E-state index in [1.807, 2.05) is 29.8 Å². The number of methoxy groups -OCH3 is 2. The van der Waals surface area contributed by atoms with Crippen LogP contribution in [0.4, 0.5) is 0 Å². The zero-order chi connectivity index (χ0) is 20.8. The van der Waals surface area contributed by atoms with E-state index in [0.29, 0.717) is 30.2 Å². The molecule has 3 rings (SSSR count). The molecule has 2 heterocycles. The summed E-state index contributed by atoms with van der Waals surface area (Å²) in [7, 11) is 3.21. The number of hydrogen-bond acceptors (Lipinski definition) is 6. The molecule has 29 heavy (non-hydrogen) atoms. The Bertz CT molecular complexity index is 871. The Labute approximate surface area is 171 Å². The first-order chi connectivity index (χ1) is 14.1. The second kappa shape index (κ2) is 9.56. The van der Waals surface area contributed by atoms with Crippen molar-refractivity contribution in [1.82, 2.24) is 25.6 Å². The summed E-state index contributed by atoms with van der Waals surface area (Å²) in [5.41, 5.74) is 3.04. The third kappa shape index (κ3) is 4.59. The predicted octanol–water partition coefficient (Wildman–Crippen LogP) is 2.19. The maximum absolute atomic E-state index is 12.7. The molecule has 0 aliphatic carbocycles. The van der Waals surface area contributed by atoms with E-state index in [2.05, 4.69) is 27.5 Å². The molecule has 156 valence electrons. The van der Waals surface area contributed by atoms with Gasteiger partial charge in [0.1, 0.15) is 0 Å². The van der Waals surface area contributed by atoms with Crippen molar-refractivity contribution in [2.24, 2.45) is 0 Å². The van der Waals surface area contributed by atoms with Gasteiger partial charge in [-0.1, -0.05) is 11.3 Å². The summed E-state index contributed by atoms with van der Waals surface area (Å²) in [5.74, 6) is 1.08. The van der Waals surface area contributed by atoms with Gasteiger partial charge >= 0.3 is 0 Å². The fourth-order valence-corrected chi connectivity index (χ4v) is 3.73. The number of piperidine rings is 1. The lowest BCUT2D eigenvalue weighted by atomic mass is 10.1. The highest BCUT2D eigenvalue weighted by Crippen LogP contribution is 2.33. The average molecular weight is 399 g/mol. The summed E-state index contributed by atoms with van der Waals surface area (Å²) in [5, 5.41) is 14.6. The van der Waals surface area contributed by atoms with Gasteiger partial charge in [-0.2, -0.15) is 0 Å². The largest absolute Gasteiger partial charge is 0.493 e. The predicted molar refractivity (Wildman–Crippen MR) is 111 cm³/mol. The third-order valence-electron chi connectivity index (χ3n) is 5.23. The highest BCUT2D eigenvalue weighted by Gasteiger charge is 2.23. The van der Waals surface area contributed by atoms with Crippen molar-refractivity contribution in [3.05, 3.63) is 47.3 Å². The van der Waals surface area contributed by atoms with E-state index in [1.165, 1.54) is 0 Å². The summed E-state index contributed by atoms with van der Waals surface area (Å²) < 4.78 is 12.8. The van der Waals surface area contributed by atoms with Gasteiger partial charge in [0, 0.05) is 12.1 Å². The van der Waals surface area contributed by atoms with E-state index < -0.39 is 0 Å². The number of nitrogens with one attached hydrogen (secondary N) is 2. The van der Waals surface area contributed by atoms with Crippen molar-refractivity contribution in [1.29, 1.82) is 0 Å². The number of nitrogens with zero attached hydrogens (tertiary/aromatic N) is 3. The van der Waals surface area contributed by atoms with E-state index in [9.17, 15) is 4.79 Å². The van der Waals surface area contributed by atoms with E-state index in [0.717, 1.165) is 42.8 Å². The van der Waals surface area contributed by atoms with Gasteiger partial charge in [0.05, 0.1) is 26.0 Å². The maximum Gasteiger partial charge on any atom is 0.274 e. The molecule has 1 fully saturated rings. The molecular formula is C21H29N5O3. The van der Waals surface area contributed by atoms with Crippen LogP contribution in [0.2, 0.25) is 0 Å². The monoisotopic (exact) mass is 399 g/mol. The van der Waals surface area contributed by atoms with Crippen LogP contribution in [0.5, 0.6) is 11.5 Å². The number of allylic oxidation sites excluding steroid dienone is 1. The van der Waals surface area contributed by atoms with E-state index in [4.69, 9.17) is 9.47 Å². The molecule has 1 saturated heterocycles. The molecule has 0 spiro atoms. The number of carbonyl (C=O) groups excluding carboxylic acids is 1. The SMILES string of the molecule is C=CCc1cc(CNC(=O)c2nnn(C3CCNCC3)c2C)cc(OC)c1OC. The van der Waals surface area contributed by atoms with Gasteiger partial charge in [0.2, 0.25) is 0 Å². The fourth-order valence-electron chi connectivity index (χ4n) is 3.73. The van der Waals surface area contributed by atoms with Crippen molar-refractivity contribution in [3.63, 3.8) is 0 Å². The van der Waals surface area contributed by atoms with E-state index in [-0.39, 0.29) is 11.9 Å². The second-order valence-corrected chi connectivity index (χ2v) is 7.12. The smallest absolute Gasteiger partial charge is 0.274 e. The number of ether oxygens (including phenoxy) is 2. The van der Waals surface area contributed by atoms with Crippen molar-refractivity contribution in [3.8, 4) is 11.5 Å². The Morgan fingerprint density at radius 2 is 2.10 bits per heavy atom. The van der Waals surface area contributed by atoms with Crippen molar-refractivity contribution in [2.45, 2.75) is 38.8 Å². The molecule has 1 aromatic heterocycles. The Hall–Kier alpha value is -2.87. The summed E-state index contributed by atoms with van der Waals surface area (Å²) in [4.78, 5) is 12.7. The second-order valence-electron chi connectivity index (χ2n) is 7.12. The molecule has 0 radical (unpaired) electrons. The van der Waals surface area contributed by atoms with Crippen LogP contribution in [0.1, 0.15) is 46.2 Å². The molecule has 8 nitrogen and oxygen atoms in total. The van der Waals surface area contributed by atoms with Crippen molar-refractivity contribution in [2.75, 3.05) is 27.3 Å². The summed E-state index contributed by atoms with van der Waals surface area (Å²) in [6.45, 7) is 7.95. The third-order valence-corrected chi connectivity index (χ3v) is 5.23. The Morgan fingerprint density at radius 1 is 1.34 bits per heavy atom. The van der Waals surface area contributed by atoms with Crippen LogP contribution < -0.4 is 20.1 Å². The Kier molecular flexibility index (Phi) is 6.87. The number of amides is 1. The highest BCUT2D eigenvalue weighted by atomic mass is 16.5. The van der Waals surface area contributed by atoms with Gasteiger partial charge < -0.3 is 20.1 Å². The number of rotatable bonds is 8. The Morgan fingerprint density at radius 3 is 2.76 bits per heavy atom. The quantitative estimate of drug-likeness (QED) is 0.662. The maximum atomic E-state index is 12.7. The normalized spacial score (nSPS) is 14.4. The molecule has 1 aliphatic heterocycles. The molecule has 8 heteroatoms. The van der Waals surface area contributed by atoms with Gasteiger partial charge in [-0.3, -0.25) is 4.79 Å². The minimum atomic E-state index is -0.234. The minimum Gasteiger partial charge on any atom is -0.493 e. The van der Waals surface area contributed by atoms with Crippen LogP contribution in [-0.4, -0.2) is 48.2 Å². The molecule has 2 N–H and O–H groups in total. The fraction of sp³-hybridized carbons (Fsp3) is 0.476. The number of hydrogen-bond donors (Lipinski definition) is 2. The van der Waals surface area contributed by atoms with Gasteiger partial charge in [-0.25, -0.2) is 4.68 Å². The standard InChI is InChI=1S/C21H29N5O3/c1-5-6-16-11-15(12-18(28-3)20(16)29-4)13-23-21(27)19-14(2)26(25-24-19)17-7-9-22-10-8-17/h5,11-12,17,22H,1,6-10,13H2,2-4H3,(H,23,27). The highest BCUT2D eigenvalue weighted by molar-refractivity contribution is 5.93. The zero-order valence-electron chi connectivity index (χ0n) is 17.3. The van der Waals surface area contributed by atoms with Crippen LogP contribution in [0.15, 0.2) is 24.8 Å². The van der Waals surface area contributed by atoms with Gasteiger partial charge in [0.15, 0.2) is 17.2 Å². The van der Waals surface area contributed by atoms with E-state index in [1.54, 1.807) is 14.2 Å². The number of aromatic nitrogens is 3. The van der Waals surface area contributed by atoms with Crippen molar-refractivity contribution >= 4 is 5.91 Å². The molecule has 1 aromatic carbocycles. The lowest BCUT2D eigenvalue weighted by Gasteiger charge is -2.23. The molecule has 1 amide bonds. The molecule has 1 aliphatic rings. The van der Waals surface area contributed by atoms with Crippen LogP contribution in [-0.2, 0) is 13.0 Å². The molecule has 0 bridgehead atoms. The topological polar surface area (TPSA) is 90.3 Å². The minimum absolute atomic E-state index is 0.234. The van der Waals surface area contributed by atoms with Crippen LogP contribution in [0.25, 0.3) is 0 Å². The summed E-state index contributed by atoms with van der Waals surface area (Å²) in [6, 6.07) is 4.14. The zero-order valence-corrected chi connectivity index (χ0v) is 17.3. The summed E-state index contributed by atoms with van der Waals surface area (Å²) in [6.07, 6.45) is 4.43. The molecule has 0 saturated carbocycles. The van der Waals surface area contributed by atoms with Gasteiger partial charge in [-0.05, 0) is 57.0 Å². The lowest BCUT2D eigenvalue weighted by molar-refractivity contribution is 0.0945. The first-order valence-electron chi connectivity index (χ1n) is 9.84. The molecule has 0 atom stereocenters. The van der Waals surface area contributed by atoms with Gasteiger partial charge in [-0.15, -0.1) is 11.7 Å². The van der Waals surface area contributed by atoms with Crippen LogP contribution >= 0.6 is 0 Å². The van der Waals surface area contributed by atoms with Crippen LogP contribution in [0.3, 0.4) is 0 Å². The number of carbonyl (C=O) groups is 1. The first kappa shape index (κ1) is 20.9. The van der Waals surface area contributed by atoms with Crippen LogP contribution in [0, 0.1) is 6.92 Å². The number of benzene rings is 1. The molecular weight excluding hydrogens is 370 g/mol. The summed E-state index contributed by atoms with van der Waals surface area (Å²) >= 11 is 0. The first-order valence-corrected chi connectivity index (χ1v) is 9.84. The van der Waals surface area contributed by atoms with Crippen molar-refractivity contribution < 1.29 is 14.3 Å². The molecule has 0 unspecified atom stereocenters. The molecule has 2 aromatic rings. The van der Waals surface area contributed by atoms with Gasteiger partial charge in [0.25, 0.3) is 5.91 Å². The lowest BCUT2D eigenvalue weighted by Crippen LogP contribution is -2.30.